The zero-order valence-electron chi connectivity index (χ0n) is 15.9. The van der Waals surface area contributed by atoms with Crippen LogP contribution in [0.15, 0.2) is 74.6 Å². The lowest BCUT2D eigenvalue weighted by Crippen LogP contribution is -2.26. The van der Waals surface area contributed by atoms with E-state index in [2.05, 4.69) is 15.9 Å². The van der Waals surface area contributed by atoms with Crippen LogP contribution in [-0.4, -0.2) is 27.2 Å². The van der Waals surface area contributed by atoms with Gasteiger partial charge in [0.1, 0.15) is 4.91 Å². The maximum atomic E-state index is 13.9. The van der Waals surface area contributed by atoms with Gasteiger partial charge in [0, 0.05) is 11.4 Å². The Hall–Kier alpha value is -2.33. The summed E-state index contributed by atoms with van der Waals surface area (Å²) in [6.07, 6.45) is -7.02. The molecule has 0 radical (unpaired) electrons. The van der Waals surface area contributed by atoms with Gasteiger partial charge in [-0.1, -0.05) is 46.3 Å². The van der Waals surface area contributed by atoms with Crippen LogP contribution in [0.5, 0.6) is 0 Å². The molecule has 0 N–H and O–H groups in total. The second-order valence-corrected chi connectivity index (χ2v) is 8.82. The van der Waals surface area contributed by atoms with Crippen LogP contribution in [0.3, 0.4) is 0 Å². The van der Waals surface area contributed by atoms with Crippen molar-refractivity contribution in [3.63, 3.8) is 0 Å². The predicted molar refractivity (Wildman–Crippen MR) is 107 cm³/mol. The van der Waals surface area contributed by atoms with Gasteiger partial charge >= 0.3 is 12.1 Å². The van der Waals surface area contributed by atoms with E-state index >= 15 is 0 Å². The summed E-state index contributed by atoms with van der Waals surface area (Å²) in [5.41, 5.74) is 0.0318. The fourth-order valence-electron chi connectivity index (χ4n) is 2.62. The predicted octanol–water partition coefficient (Wildman–Crippen LogP) is 5.34. The Labute approximate surface area is 180 Å². The third-order valence-electron chi connectivity index (χ3n) is 3.81. The normalized spacial score (nSPS) is 13.9. The van der Waals surface area contributed by atoms with Crippen LogP contribution in [0.1, 0.15) is 25.5 Å². The van der Waals surface area contributed by atoms with Gasteiger partial charge in [0.15, 0.2) is 6.10 Å². The number of rotatable bonds is 7. The molecule has 10 heteroatoms. The average molecular weight is 507 g/mol. The maximum Gasteiger partial charge on any atom is 0.450 e. The van der Waals surface area contributed by atoms with Gasteiger partial charge in [-0.15, -0.1) is 0 Å². The summed E-state index contributed by atoms with van der Waals surface area (Å²) in [5, 5.41) is 0. The highest BCUT2D eigenvalue weighted by molar-refractivity contribution is 9.10. The molecule has 2 aromatic rings. The fourth-order valence-corrected chi connectivity index (χ4v) is 4.54. The SMILES string of the molecule is CCO/C(=C(\C(OC(C)=O)c1ccc(Br)cc1)S(=O)(=O)c1ccccc1)C(F)(F)F. The number of ether oxygens (including phenoxy) is 2. The molecule has 0 fully saturated rings. The van der Waals surface area contributed by atoms with Gasteiger partial charge in [-0.3, -0.25) is 4.79 Å². The van der Waals surface area contributed by atoms with Crippen molar-refractivity contribution >= 4 is 31.7 Å². The third kappa shape index (κ3) is 5.63. The third-order valence-corrected chi connectivity index (χ3v) is 6.21. The summed E-state index contributed by atoms with van der Waals surface area (Å²) in [5.74, 6) is -2.69. The largest absolute Gasteiger partial charge is 0.488 e. The first kappa shape index (κ1) is 23.9. The molecule has 0 aliphatic carbocycles. The van der Waals surface area contributed by atoms with E-state index in [4.69, 9.17) is 9.47 Å². The second kappa shape index (κ2) is 9.65. The smallest absolute Gasteiger partial charge is 0.450 e. The Morgan fingerprint density at radius 1 is 1.07 bits per heavy atom. The first-order valence-electron chi connectivity index (χ1n) is 8.65. The van der Waals surface area contributed by atoms with E-state index in [1.807, 2.05) is 0 Å². The lowest BCUT2D eigenvalue weighted by Gasteiger charge is -2.25. The zero-order valence-corrected chi connectivity index (χ0v) is 18.3. The highest BCUT2D eigenvalue weighted by atomic mass is 79.9. The molecule has 0 aliphatic rings. The molecule has 0 saturated heterocycles. The summed E-state index contributed by atoms with van der Waals surface area (Å²) >= 11 is 3.20. The summed E-state index contributed by atoms with van der Waals surface area (Å²) < 4.78 is 78.8. The molecule has 0 amide bonds. The number of halogens is 4. The monoisotopic (exact) mass is 506 g/mol. The first-order chi connectivity index (χ1) is 14.0. The minimum atomic E-state index is -5.15. The number of alkyl halides is 3. The van der Waals surface area contributed by atoms with Gasteiger partial charge < -0.3 is 9.47 Å². The Morgan fingerprint density at radius 3 is 2.10 bits per heavy atom. The number of benzene rings is 2. The Balaban J connectivity index is 2.90. The van der Waals surface area contributed by atoms with Crippen LogP contribution in [0.4, 0.5) is 13.2 Å². The van der Waals surface area contributed by atoms with Crippen molar-refractivity contribution in [2.24, 2.45) is 0 Å². The molecule has 162 valence electrons. The Kier molecular flexibility index (Phi) is 7.70. The van der Waals surface area contributed by atoms with Gasteiger partial charge in [0.05, 0.1) is 11.5 Å². The van der Waals surface area contributed by atoms with Crippen LogP contribution < -0.4 is 0 Å². The lowest BCUT2D eigenvalue weighted by molar-refractivity contribution is -0.147. The summed E-state index contributed by atoms with van der Waals surface area (Å²) in [4.78, 5) is 10.1. The molecule has 0 heterocycles. The van der Waals surface area contributed by atoms with Gasteiger partial charge in [-0.05, 0) is 36.8 Å². The highest BCUT2D eigenvalue weighted by Gasteiger charge is 2.46. The van der Waals surface area contributed by atoms with Crippen molar-refractivity contribution in [1.29, 1.82) is 0 Å². The summed E-state index contributed by atoms with van der Waals surface area (Å²) in [7, 11) is -4.76. The number of allylic oxidation sites excluding steroid dienone is 1. The maximum absolute atomic E-state index is 13.9. The lowest BCUT2D eigenvalue weighted by atomic mass is 10.1. The first-order valence-corrected chi connectivity index (χ1v) is 10.9. The molecule has 0 saturated carbocycles. The van der Waals surface area contributed by atoms with Gasteiger partial charge in [-0.2, -0.15) is 13.2 Å². The molecule has 0 aromatic heterocycles. The second-order valence-electron chi connectivity index (χ2n) is 5.98. The van der Waals surface area contributed by atoms with Crippen molar-refractivity contribution in [2.75, 3.05) is 6.61 Å². The van der Waals surface area contributed by atoms with E-state index in [9.17, 15) is 26.4 Å². The molecule has 2 rings (SSSR count). The molecule has 1 unspecified atom stereocenters. The minimum Gasteiger partial charge on any atom is -0.488 e. The molecule has 2 aromatic carbocycles. The van der Waals surface area contributed by atoms with Crippen molar-refractivity contribution in [3.05, 3.63) is 75.3 Å². The molecule has 5 nitrogen and oxygen atoms in total. The van der Waals surface area contributed by atoms with Crippen LogP contribution in [0.2, 0.25) is 0 Å². The molecular weight excluding hydrogens is 489 g/mol. The van der Waals surface area contributed by atoms with Crippen LogP contribution in [0, 0.1) is 0 Å². The molecule has 1 atom stereocenters. The van der Waals surface area contributed by atoms with E-state index in [0.717, 1.165) is 19.1 Å². The minimum absolute atomic E-state index is 0.0318. The number of carbonyl (C=O) groups is 1. The average Bonchev–Trinajstić information content (AvgIpc) is 2.67. The van der Waals surface area contributed by atoms with E-state index < -0.39 is 50.3 Å². The summed E-state index contributed by atoms with van der Waals surface area (Å²) in [6, 6.07) is 12.3. The van der Waals surface area contributed by atoms with Crippen LogP contribution in [0.25, 0.3) is 0 Å². The number of carbonyl (C=O) groups excluding carboxylic acids is 1. The number of esters is 1. The number of sulfone groups is 1. The quantitative estimate of drug-likeness (QED) is 0.374. The van der Waals surface area contributed by atoms with Crippen molar-refractivity contribution in [3.8, 4) is 0 Å². The van der Waals surface area contributed by atoms with E-state index in [-0.39, 0.29) is 5.56 Å². The van der Waals surface area contributed by atoms with Crippen LogP contribution >= 0.6 is 15.9 Å². The fraction of sp³-hybridized carbons (Fsp3) is 0.250. The van der Waals surface area contributed by atoms with Crippen LogP contribution in [-0.2, 0) is 24.1 Å². The van der Waals surface area contributed by atoms with Gasteiger partial charge in [0.2, 0.25) is 15.6 Å². The van der Waals surface area contributed by atoms with E-state index in [0.29, 0.717) is 4.47 Å². The van der Waals surface area contributed by atoms with Crippen molar-refractivity contribution in [1.82, 2.24) is 0 Å². The zero-order chi connectivity index (χ0) is 22.5. The number of hydrogen-bond donors (Lipinski definition) is 0. The molecule has 0 spiro atoms. The molecular formula is C20H18BrF3O5S. The molecule has 0 aliphatic heterocycles. The van der Waals surface area contributed by atoms with E-state index in [1.54, 1.807) is 0 Å². The summed E-state index contributed by atoms with van der Waals surface area (Å²) in [6.45, 7) is 1.82. The van der Waals surface area contributed by atoms with Crippen molar-refractivity contribution < 1.29 is 35.9 Å². The highest BCUT2D eigenvalue weighted by Crippen LogP contribution is 2.41. The molecule has 30 heavy (non-hydrogen) atoms. The Bertz CT molecular complexity index is 1020. The standard InChI is InChI=1S/C20H18BrF3O5S/c1-3-28-19(20(22,23)24)18(30(26,27)16-7-5-4-6-8-16)17(29-13(2)25)14-9-11-15(21)12-10-14/h4-12,17H,3H2,1-2H3/b19-18+. The number of hydrogen-bond acceptors (Lipinski definition) is 5. The van der Waals surface area contributed by atoms with Gasteiger partial charge in [0.25, 0.3) is 0 Å². The van der Waals surface area contributed by atoms with Gasteiger partial charge in [-0.25, -0.2) is 8.42 Å². The van der Waals surface area contributed by atoms with E-state index in [1.165, 1.54) is 49.4 Å². The van der Waals surface area contributed by atoms with Crippen molar-refractivity contribution in [2.45, 2.75) is 31.0 Å². The Morgan fingerprint density at radius 2 is 1.63 bits per heavy atom. The topological polar surface area (TPSA) is 69.7 Å². The molecule has 0 bridgehead atoms.